The molecule has 94 valence electrons. The molecular formula is C15H23NO. The lowest BCUT2D eigenvalue weighted by Gasteiger charge is -2.24. The first-order chi connectivity index (χ1) is 8.24. The van der Waals surface area contributed by atoms with Gasteiger partial charge in [0.05, 0.1) is 6.61 Å². The van der Waals surface area contributed by atoms with Gasteiger partial charge in [-0.15, -0.1) is 0 Å². The normalized spacial score (nSPS) is 15.8. The number of fused-ring (bicyclic) bond motifs is 1. The van der Waals surface area contributed by atoms with E-state index in [0.717, 1.165) is 25.3 Å². The molecule has 0 radical (unpaired) electrons. The maximum atomic E-state index is 5.80. The SMILES string of the molecule is CCCNC(c1cccc2c1OCC2)C(C)C. The van der Waals surface area contributed by atoms with Gasteiger partial charge in [-0.25, -0.2) is 0 Å². The molecule has 1 N–H and O–H groups in total. The van der Waals surface area contributed by atoms with Gasteiger partial charge in [0.1, 0.15) is 5.75 Å². The number of hydrogen-bond acceptors (Lipinski definition) is 2. The first-order valence-corrected chi connectivity index (χ1v) is 6.72. The molecule has 2 nitrogen and oxygen atoms in total. The highest BCUT2D eigenvalue weighted by Gasteiger charge is 2.23. The zero-order valence-corrected chi connectivity index (χ0v) is 11.1. The first kappa shape index (κ1) is 12.4. The van der Waals surface area contributed by atoms with Crippen molar-refractivity contribution >= 4 is 0 Å². The van der Waals surface area contributed by atoms with Gasteiger partial charge in [-0.05, 0) is 24.4 Å². The first-order valence-electron chi connectivity index (χ1n) is 6.72. The van der Waals surface area contributed by atoms with E-state index in [4.69, 9.17) is 4.74 Å². The van der Waals surface area contributed by atoms with Crippen LogP contribution < -0.4 is 10.1 Å². The fourth-order valence-corrected chi connectivity index (χ4v) is 2.49. The highest BCUT2D eigenvalue weighted by atomic mass is 16.5. The van der Waals surface area contributed by atoms with Crippen molar-refractivity contribution in [2.75, 3.05) is 13.2 Å². The molecule has 2 heteroatoms. The summed E-state index contributed by atoms with van der Waals surface area (Å²) in [6.45, 7) is 8.64. The Morgan fingerprint density at radius 1 is 1.35 bits per heavy atom. The van der Waals surface area contributed by atoms with Crippen LogP contribution >= 0.6 is 0 Å². The van der Waals surface area contributed by atoms with Gasteiger partial charge in [0.15, 0.2) is 0 Å². The Labute approximate surface area is 104 Å². The third kappa shape index (κ3) is 2.63. The lowest BCUT2D eigenvalue weighted by molar-refractivity contribution is 0.337. The summed E-state index contributed by atoms with van der Waals surface area (Å²) in [7, 11) is 0. The molecule has 1 aliphatic heterocycles. The largest absolute Gasteiger partial charge is 0.493 e. The average molecular weight is 233 g/mol. The second kappa shape index (κ2) is 5.54. The molecule has 1 aromatic rings. The average Bonchev–Trinajstić information content (AvgIpc) is 2.77. The minimum atomic E-state index is 0.406. The van der Waals surface area contributed by atoms with Crippen LogP contribution in [0, 0.1) is 5.92 Å². The maximum Gasteiger partial charge on any atom is 0.127 e. The predicted molar refractivity (Wildman–Crippen MR) is 71.5 cm³/mol. The van der Waals surface area contributed by atoms with Gasteiger partial charge in [-0.3, -0.25) is 0 Å². The molecule has 1 aromatic carbocycles. The molecule has 2 rings (SSSR count). The summed E-state index contributed by atoms with van der Waals surface area (Å²) in [4.78, 5) is 0. The van der Waals surface area contributed by atoms with Crippen molar-refractivity contribution in [3.63, 3.8) is 0 Å². The third-order valence-electron chi connectivity index (χ3n) is 3.36. The Bertz CT molecular complexity index is 373. The monoisotopic (exact) mass is 233 g/mol. The molecule has 1 heterocycles. The van der Waals surface area contributed by atoms with Gasteiger partial charge in [-0.1, -0.05) is 39.0 Å². The molecule has 17 heavy (non-hydrogen) atoms. The molecule has 0 saturated carbocycles. The van der Waals surface area contributed by atoms with Crippen LogP contribution in [0.25, 0.3) is 0 Å². The summed E-state index contributed by atoms with van der Waals surface area (Å²) in [6, 6.07) is 6.95. The van der Waals surface area contributed by atoms with E-state index in [2.05, 4.69) is 44.3 Å². The van der Waals surface area contributed by atoms with Crippen LogP contribution in [-0.4, -0.2) is 13.2 Å². The number of ether oxygens (including phenoxy) is 1. The Balaban J connectivity index is 2.26. The second-order valence-corrected chi connectivity index (χ2v) is 5.11. The van der Waals surface area contributed by atoms with Crippen molar-refractivity contribution < 1.29 is 4.74 Å². The zero-order chi connectivity index (χ0) is 12.3. The third-order valence-corrected chi connectivity index (χ3v) is 3.36. The van der Waals surface area contributed by atoms with Gasteiger partial charge in [-0.2, -0.15) is 0 Å². The molecule has 0 aliphatic carbocycles. The maximum absolute atomic E-state index is 5.80. The molecule has 1 unspecified atom stereocenters. The lowest BCUT2D eigenvalue weighted by Crippen LogP contribution is -2.26. The molecule has 0 aromatic heterocycles. The number of nitrogens with one attached hydrogen (secondary N) is 1. The number of rotatable bonds is 5. The molecule has 1 atom stereocenters. The number of para-hydroxylation sites is 1. The van der Waals surface area contributed by atoms with Crippen molar-refractivity contribution in [2.24, 2.45) is 5.92 Å². The molecule has 0 amide bonds. The van der Waals surface area contributed by atoms with Crippen molar-refractivity contribution in [3.05, 3.63) is 29.3 Å². The lowest BCUT2D eigenvalue weighted by atomic mass is 9.93. The van der Waals surface area contributed by atoms with E-state index in [1.165, 1.54) is 17.5 Å². The van der Waals surface area contributed by atoms with E-state index in [9.17, 15) is 0 Å². The van der Waals surface area contributed by atoms with Crippen molar-refractivity contribution in [2.45, 2.75) is 39.7 Å². The molecule has 1 aliphatic rings. The van der Waals surface area contributed by atoms with Crippen LogP contribution in [0.4, 0.5) is 0 Å². The molecule has 0 fully saturated rings. The smallest absolute Gasteiger partial charge is 0.127 e. The number of benzene rings is 1. The van der Waals surface area contributed by atoms with Crippen LogP contribution in [0.1, 0.15) is 44.4 Å². The quantitative estimate of drug-likeness (QED) is 0.842. The summed E-state index contributed by atoms with van der Waals surface area (Å²) in [5.74, 6) is 1.71. The van der Waals surface area contributed by atoms with E-state index >= 15 is 0 Å². The Kier molecular flexibility index (Phi) is 4.06. The van der Waals surface area contributed by atoms with Crippen molar-refractivity contribution in [1.82, 2.24) is 5.32 Å². The second-order valence-electron chi connectivity index (χ2n) is 5.11. The topological polar surface area (TPSA) is 21.3 Å². The van der Waals surface area contributed by atoms with Gasteiger partial charge in [0.2, 0.25) is 0 Å². The van der Waals surface area contributed by atoms with Gasteiger partial charge in [0, 0.05) is 18.0 Å². The van der Waals surface area contributed by atoms with E-state index in [1.54, 1.807) is 0 Å². The molecular weight excluding hydrogens is 210 g/mol. The minimum absolute atomic E-state index is 0.406. The molecule has 0 spiro atoms. The fourth-order valence-electron chi connectivity index (χ4n) is 2.49. The molecule has 0 bridgehead atoms. The van der Waals surface area contributed by atoms with Gasteiger partial charge in [0.25, 0.3) is 0 Å². The number of hydrogen-bond donors (Lipinski definition) is 1. The molecule has 0 saturated heterocycles. The van der Waals surface area contributed by atoms with Gasteiger partial charge < -0.3 is 10.1 Å². The fraction of sp³-hybridized carbons (Fsp3) is 0.600. The standard InChI is InChI=1S/C15H23NO/c1-4-9-16-14(11(2)3)13-7-5-6-12-8-10-17-15(12)13/h5-7,11,14,16H,4,8-10H2,1-3H3. The Hall–Kier alpha value is -1.02. The summed E-state index contributed by atoms with van der Waals surface area (Å²) in [6.07, 6.45) is 2.22. The highest BCUT2D eigenvalue weighted by Crippen LogP contribution is 2.36. The van der Waals surface area contributed by atoms with Crippen molar-refractivity contribution in [1.29, 1.82) is 0 Å². The highest BCUT2D eigenvalue weighted by molar-refractivity contribution is 5.45. The predicted octanol–water partition coefficient (Wildman–Crippen LogP) is 3.32. The van der Waals surface area contributed by atoms with E-state index in [0.29, 0.717) is 12.0 Å². The van der Waals surface area contributed by atoms with Crippen LogP contribution in [-0.2, 0) is 6.42 Å². The van der Waals surface area contributed by atoms with E-state index in [-0.39, 0.29) is 0 Å². The van der Waals surface area contributed by atoms with E-state index < -0.39 is 0 Å². The summed E-state index contributed by atoms with van der Waals surface area (Å²) >= 11 is 0. The summed E-state index contributed by atoms with van der Waals surface area (Å²) in [5, 5.41) is 3.63. The van der Waals surface area contributed by atoms with Gasteiger partial charge >= 0.3 is 0 Å². The van der Waals surface area contributed by atoms with E-state index in [1.807, 2.05) is 0 Å². The van der Waals surface area contributed by atoms with Crippen LogP contribution in [0.3, 0.4) is 0 Å². The minimum Gasteiger partial charge on any atom is -0.493 e. The van der Waals surface area contributed by atoms with Crippen molar-refractivity contribution in [3.8, 4) is 5.75 Å². The van der Waals surface area contributed by atoms with Crippen LogP contribution in [0.15, 0.2) is 18.2 Å². The Morgan fingerprint density at radius 3 is 2.88 bits per heavy atom. The van der Waals surface area contributed by atoms with Crippen LogP contribution in [0.5, 0.6) is 5.75 Å². The summed E-state index contributed by atoms with van der Waals surface area (Å²) < 4.78 is 5.80. The Morgan fingerprint density at radius 2 is 2.18 bits per heavy atom. The van der Waals surface area contributed by atoms with Crippen LogP contribution in [0.2, 0.25) is 0 Å². The summed E-state index contributed by atoms with van der Waals surface area (Å²) in [5.41, 5.74) is 2.70. The zero-order valence-electron chi connectivity index (χ0n) is 11.1.